The van der Waals surface area contributed by atoms with Gasteiger partial charge in [-0.15, -0.1) is 11.8 Å². The van der Waals surface area contributed by atoms with Gasteiger partial charge in [0.15, 0.2) is 0 Å². The Morgan fingerprint density at radius 1 is 1.17 bits per heavy atom. The molecule has 6 nitrogen and oxygen atoms in total. The summed E-state index contributed by atoms with van der Waals surface area (Å²) in [7, 11) is 1.93. The second-order valence-corrected chi connectivity index (χ2v) is 11.3. The molecule has 1 aromatic carbocycles. The predicted octanol–water partition coefficient (Wildman–Crippen LogP) is 5.45. The maximum Gasteiger partial charge on any atom is 0.123 e. The van der Waals surface area contributed by atoms with Crippen LogP contribution in [0.25, 0.3) is 11.8 Å². The van der Waals surface area contributed by atoms with E-state index in [1.165, 1.54) is 17.7 Å². The second kappa shape index (κ2) is 9.01. The van der Waals surface area contributed by atoms with Gasteiger partial charge in [0.05, 0.1) is 29.5 Å². The maximum atomic E-state index is 13.5. The number of rotatable bonds is 5. The molecule has 2 aliphatic rings. The zero-order valence-corrected chi connectivity index (χ0v) is 21.1. The van der Waals surface area contributed by atoms with Crippen LogP contribution in [-0.2, 0) is 13.5 Å². The van der Waals surface area contributed by atoms with Gasteiger partial charge in [0.25, 0.3) is 0 Å². The summed E-state index contributed by atoms with van der Waals surface area (Å²) < 4.78 is 17.2. The Balaban J connectivity index is 1.40. The summed E-state index contributed by atoms with van der Waals surface area (Å²) in [6.45, 7) is 2.03. The van der Waals surface area contributed by atoms with Gasteiger partial charge in [-0.25, -0.2) is 9.07 Å². The topological polar surface area (TPSA) is 68.8 Å². The molecule has 0 spiro atoms. The number of aliphatic hydroxyl groups is 1. The van der Waals surface area contributed by atoms with E-state index < -0.39 is 11.5 Å². The third kappa shape index (κ3) is 4.08. The van der Waals surface area contributed by atoms with Gasteiger partial charge in [-0.3, -0.25) is 9.67 Å². The van der Waals surface area contributed by atoms with Crippen LogP contribution >= 0.6 is 11.8 Å². The van der Waals surface area contributed by atoms with Crippen LogP contribution in [0.3, 0.4) is 0 Å². The van der Waals surface area contributed by atoms with E-state index in [-0.39, 0.29) is 5.82 Å². The molecule has 1 fully saturated rings. The lowest BCUT2D eigenvalue weighted by Gasteiger charge is -2.47. The van der Waals surface area contributed by atoms with E-state index >= 15 is 0 Å². The van der Waals surface area contributed by atoms with Crippen LogP contribution in [0.2, 0.25) is 0 Å². The predicted molar refractivity (Wildman–Crippen MR) is 138 cm³/mol. The number of aryl methyl sites for hydroxylation is 2. The number of hydrogen-bond acceptors (Lipinski definition) is 5. The Morgan fingerprint density at radius 2 is 2.00 bits per heavy atom. The van der Waals surface area contributed by atoms with Crippen molar-refractivity contribution in [2.75, 3.05) is 0 Å². The highest BCUT2D eigenvalue weighted by Crippen LogP contribution is 2.57. The molecule has 2 aliphatic carbocycles. The van der Waals surface area contributed by atoms with E-state index in [2.05, 4.69) is 21.3 Å². The molecule has 1 unspecified atom stereocenters. The highest BCUT2D eigenvalue weighted by Gasteiger charge is 2.49. The van der Waals surface area contributed by atoms with Crippen molar-refractivity contribution >= 4 is 17.8 Å². The molecule has 0 amide bonds. The van der Waals surface area contributed by atoms with Gasteiger partial charge in [0.2, 0.25) is 0 Å². The number of halogens is 1. The largest absolute Gasteiger partial charge is 0.386 e. The van der Waals surface area contributed by atoms with Crippen LogP contribution in [0.1, 0.15) is 47.9 Å². The summed E-state index contributed by atoms with van der Waals surface area (Å²) in [6, 6.07) is 10.4. The van der Waals surface area contributed by atoms with Gasteiger partial charge in [-0.2, -0.15) is 10.2 Å². The van der Waals surface area contributed by atoms with E-state index in [9.17, 15) is 9.50 Å². The average Bonchev–Trinajstić information content (AvgIpc) is 3.47. The number of nitrogens with zero attached hydrogens (tertiary/aromatic N) is 5. The minimum absolute atomic E-state index is 0.268. The number of thioether (sulfide) groups is 1. The molecular formula is C28H28FN5OS. The number of benzene rings is 1. The van der Waals surface area contributed by atoms with E-state index in [0.717, 1.165) is 46.7 Å². The van der Waals surface area contributed by atoms with Gasteiger partial charge in [-0.1, -0.05) is 5.57 Å². The van der Waals surface area contributed by atoms with Crippen molar-refractivity contribution in [1.29, 1.82) is 0 Å². The van der Waals surface area contributed by atoms with Gasteiger partial charge >= 0.3 is 0 Å². The first-order valence-corrected chi connectivity index (χ1v) is 13.1. The minimum atomic E-state index is -0.733. The first kappa shape index (κ1) is 23.2. The Labute approximate surface area is 213 Å². The van der Waals surface area contributed by atoms with E-state index in [1.54, 1.807) is 18.3 Å². The van der Waals surface area contributed by atoms with Crippen LogP contribution in [0, 0.1) is 18.2 Å². The van der Waals surface area contributed by atoms with E-state index in [0.29, 0.717) is 17.4 Å². The summed E-state index contributed by atoms with van der Waals surface area (Å²) in [5.74, 6) is -0.268. The quantitative estimate of drug-likeness (QED) is 0.394. The average molecular weight is 502 g/mol. The third-order valence-electron chi connectivity index (χ3n) is 7.47. The van der Waals surface area contributed by atoms with Crippen LogP contribution in [0.15, 0.2) is 71.7 Å². The third-order valence-corrected chi connectivity index (χ3v) is 8.68. The molecule has 0 saturated heterocycles. The van der Waals surface area contributed by atoms with E-state index in [4.69, 9.17) is 0 Å². The Kier molecular flexibility index (Phi) is 5.80. The molecule has 0 radical (unpaired) electrons. The lowest BCUT2D eigenvalue weighted by atomic mass is 9.60. The molecule has 3 aromatic heterocycles. The number of aliphatic hydroxyl groups excluding tert-OH is 1. The normalized spacial score (nSPS) is 22.0. The molecule has 3 atom stereocenters. The monoisotopic (exact) mass is 501 g/mol. The van der Waals surface area contributed by atoms with E-state index in [1.807, 2.05) is 65.8 Å². The van der Waals surface area contributed by atoms with Crippen molar-refractivity contribution in [3.05, 3.63) is 95.1 Å². The van der Waals surface area contributed by atoms with Crippen molar-refractivity contribution in [3.8, 4) is 5.69 Å². The second-order valence-electron chi connectivity index (χ2n) is 9.94. The number of hydrogen-bond donors (Lipinski definition) is 1. The van der Waals surface area contributed by atoms with Crippen molar-refractivity contribution < 1.29 is 9.50 Å². The Morgan fingerprint density at radius 3 is 2.75 bits per heavy atom. The first-order valence-electron chi connectivity index (χ1n) is 12.2. The standard InChI is InChI=1S/C28H28FN5OS/c1-18-9-10-30-25(11-18)27(35)28-13-19-15-32-34(22-6-4-21(29)5-7-22)26(19)12-20(28)3-8-23(14-28)36-24-16-31-33(2)17-24/h4-7,9-12,15-17,23,27,35H,3,8,13-14H2,1-2H3/t23-,27?,28-/m0/s1. The Bertz CT molecular complexity index is 1440. The highest BCUT2D eigenvalue weighted by atomic mass is 32.2. The molecule has 6 rings (SSSR count). The molecule has 36 heavy (non-hydrogen) atoms. The minimum Gasteiger partial charge on any atom is -0.386 e. The van der Waals surface area contributed by atoms with Gasteiger partial charge in [0, 0.05) is 35.0 Å². The maximum absolute atomic E-state index is 13.5. The van der Waals surface area contributed by atoms with Crippen molar-refractivity contribution in [2.45, 2.75) is 48.9 Å². The van der Waals surface area contributed by atoms with Gasteiger partial charge in [0.1, 0.15) is 11.9 Å². The van der Waals surface area contributed by atoms with Gasteiger partial charge in [-0.05, 0) is 86.2 Å². The zero-order chi connectivity index (χ0) is 24.9. The fourth-order valence-corrected chi connectivity index (χ4v) is 7.03. The molecule has 8 heteroatoms. The molecule has 0 aliphatic heterocycles. The van der Waals surface area contributed by atoms with Gasteiger partial charge < -0.3 is 5.11 Å². The first-order chi connectivity index (χ1) is 17.4. The summed E-state index contributed by atoms with van der Waals surface area (Å²) in [4.78, 5) is 5.72. The molecule has 1 saturated carbocycles. The van der Waals surface area contributed by atoms with Crippen LogP contribution < -0.4 is 0 Å². The molecule has 184 valence electrons. The summed E-state index contributed by atoms with van der Waals surface area (Å²) in [5, 5.41) is 21.3. The highest BCUT2D eigenvalue weighted by molar-refractivity contribution is 8.00. The fraction of sp³-hybridized carbons (Fsp3) is 0.321. The zero-order valence-electron chi connectivity index (χ0n) is 20.3. The molecule has 1 N–H and O–H groups in total. The fourth-order valence-electron chi connectivity index (χ4n) is 5.71. The molecule has 4 aromatic rings. The Hall–Kier alpha value is -3.23. The summed E-state index contributed by atoms with van der Waals surface area (Å²) in [5.41, 5.74) is 5.47. The van der Waals surface area contributed by atoms with Crippen LogP contribution in [0.4, 0.5) is 4.39 Å². The number of fused-ring (bicyclic) bond motifs is 2. The number of pyridine rings is 1. The van der Waals surface area contributed by atoms with Crippen molar-refractivity contribution in [1.82, 2.24) is 24.5 Å². The summed E-state index contributed by atoms with van der Waals surface area (Å²) >= 11 is 1.84. The lowest BCUT2D eigenvalue weighted by molar-refractivity contribution is 0.0286. The number of aromatic nitrogens is 5. The lowest BCUT2D eigenvalue weighted by Crippen LogP contribution is -2.41. The molecule has 3 heterocycles. The summed E-state index contributed by atoms with van der Waals surface area (Å²) in [6.07, 6.45) is 12.5. The van der Waals surface area contributed by atoms with Crippen molar-refractivity contribution in [3.63, 3.8) is 0 Å². The van der Waals surface area contributed by atoms with Crippen LogP contribution in [0.5, 0.6) is 0 Å². The SMILES string of the molecule is Cc1ccnc(C(O)[C@]23Cc4cnn(-c5ccc(F)cc5)c4C=C2CC[C@H](Sc2cnn(C)c2)C3)c1. The van der Waals surface area contributed by atoms with Crippen molar-refractivity contribution in [2.24, 2.45) is 12.5 Å². The molecule has 0 bridgehead atoms. The molecular weight excluding hydrogens is 473 g/mol. The van der Waals surface area contributed by atoms with Crippen LogP contribution in [-0.4, -0.2) is 34.9 Å². The smallest absolute Gasteiger partial charge is 0.123 e.